The summed E-state index contributed by atoms with van der Waals surface area (Å²) in [6.07, 6.45) is 8.17. The molecule has 0 radical (unpaired) electrons. The van der Waals surface area contributed by atoms with Gasteiger partial charge in [-0.2, -0.15) is 0 Å². The number of nitrogens with one attached hydrogen (secondary N) is 1. The molecule has 5 heteroatoms. The molecule has 1 aliphatic carbocycles. The molecule has 0 aromatic carbocycles. The SMILES string of the molecule is O=C(O)c1cc(Cl)nc(NCCC2=CCCCC2)c1. The minimum Gasteiger partial charge on any atom is -0.478 e. The number of halogens is 1. The van der Waals surface area contributed by atoms with Crippen molar-refractivity contribution >= 4 is 23.4 Å². The van der Waals surface area contributed by atoms with Crippen molar-refractivity contribution in [2.45, 2.75) is 32.1 Å². The Morgan fingerprint density at radius 2 is 2.26 bits per heavy atom. The highest BCUT2D eigenvalue weighted by atomic mass is 35.5. The van der Waals surface area contributed by atoms with Crippen LogP contribution in [0, 0.1) is 0 Å². The third-order valence-electron chi connectivity index (χ3n) is 3.18. The average molecular weight is 281 g/mol. The maximum Gasteiger partial charge on any atom is 0.335 e. The second kappa shape index (κ2) is 6.57. The van der Waals surface area contributed by atoms with E-state index in [-0.39, 0.29) is 10.7 Å². The number of aromatic nitrogens is 1. The average Bonchev–Trinajstić information content (AvgIpc) is 2.39. The van der Waals surface area contributed by atoms with Crippen LogP contribution in [0.15, 0.2) is 23.8 Å². The summed E-state index contributed by atoms with van der Waals surface area (Å²) in [5.74, 6) is -0.483. The molecule has 0 spiro atoms. The van der Waals surface area contributed by atoms with E-state index in [0.717, 1.165) is 13.0 Å². The lowest BCUT2D eigenvalue weighted by Crippen LogP contribution is -2.07. The van der Waals surface area contributed by atoms with Gasteiger partial charge in [-0.15, -0.1) is 0 Å². The highest BCUT2D eigenvalue weighted by Crippen LogP contribution is 2.20. The molecule has 0 amide bonds. The number of nitrogens with zero attached hydrogens (tertiary/aromatic N) is 1. The first kappa shape index (κ1) is 13.9. The summed E-state index contributed by atoms with van der Waals surface area (Å²) in [5.41, 5.74) is 1.62. The molecule has 1 aliphatic rings. The van der Waals surface area contributed by atoms with Gasteiger partial charge in [0.1, 0.15) is 11.0 Å². The van der Waals surface area contributed by atoms with Crippen LogP contribution in [-0.2, 0) is 0 Å². The molecule has 0 saturated heterocycles. The third-order valence-corrected chi connectivity index (χ3v) is 3.37. The van der Waals surface area contributed by atoms with Crippen molar-refractivity contribution in [2.24, 2.45) is 0 Å². The first-order valence-corrected chi connectivity index (χ1v) is 6.85. The van der Waals surface area contributed by atoms with Crippen LogP contribution in [-0.4, -0.2) is 22.6 Å². The van der Waals surface area contributed by atoms with Crippen LogP contribution in [0.2, 0.25) is 5.15 Å². The lowest BCUT2D eigenvalue weighted by molar-refractivity contribution is 0.0697. The summed E-state index contributed by atoms with van der Waals surface area (Å²) >= 11 is 5.80. The van der Waals surface area contributed by atoms with E-state index in [1.807, 2.05) is 0 Å². The smallest absolute Gasteiger partial charge is 0.335 e. The summed E-state index contributed by atoms with van der Waals surface area (Å²) in [5, 5.41) is 12.3. The van der Waals surface area contributed by atoms with Gasteiger partial charge in [-0.3, -0.25) is 0 Å². The fourth-order valence-electron chi connectivity index (χ4n) is 2.19. The van der Waals surface area contributed by atoms with E-state index < -0.39 is 5.97 Å². The van der Waals surface area contributed by atoms with E-state index in [4.69, 9.17) is 16.7 Å². The number of aromatic carboxylic acids is 1. The first-order valence-electron chi connectivity index (χ1n) is 6.48. The number of pyridine rings is 1. The lowest BCUT2D eigenvalue weighted by atomic mass is 9.97. The van der Waals surface area contributed by atoms with E-state index >= 15 is 0 Å². The molecule has 0 atom stereocenters. The Morgan fingerprint density at radius 1 is 1.42 bits per heavy atom. The van der Waals surface area contributed by atoms with Gasteiger partial charge < -0.3 is 10.4 Å². The van der Waals surface area contributed by atoms with Gasteiger partial charge in [-0.25, -0.2) is 9.78 Å². The predicted octanol–water partition coefficient (Wildman–Crippen LogP) is 3.74. The van der Waals surface area contributed by atoms with Crippen molar-refractivity contribution in [3.8, 4) is 0 Å². The van der Waals surface area contributed by atoms with E-state index in [1.54, 1.807) is 0 Å². The molecule has 1 heterocycles. The van der Waals surface area contributed by atoms with Gasteiger partial charge in [0.25, 0.3) is 0 Å². The van der Waals surface area contributed by atoms with Gasteiger partial charge in [0, 0.05) is 6.54 Å². The topological polar surface area (TPSA) is 62.2 Å². The van der Waals surface area contributed by atoms with Crippen molar-refractivity contribution in [3.05, 3.63) is 34.5 Å². The fraction of sp³-hybridized carbons (Fsp3) is 0.429. The Kier molecular flexibility index (Phi) is 4.80. The number of anilines is 1. The monoisotopic (exact) mass is 280 g/mol. The second-order valence-corrected chi connectivity index (χ2v) is 5.04. The van der Waals surface area contributed by atoms with Crippen molar-refractivity contribution < 1.29 is 9.90 Å². The number of carboxylic acids is 1. The fourth-order valence-corrected chi connectivity index (χ4v) is 2.40. The minimum atomic E-state index is -0.998. The molecule has 19 heavy (non-hydrogen) atoms. The maximum absolute atomic E-state index is 10.9. The second-order valence-electron chi connectivity index (χ2n) is 4.65. The van der Waals surface area contributed by atoms with Crippen molar-refractivity contribution in [2.75, 3.05) is 11.9 Å². The van der Waals surface area contributed by atoms with Crippen LogP contribution >= 0.6 is 11.6 Å². The van der Waals surface area contributed by atoms with Gasteiger partial charge >= 0.3 is 5.97 Å². The van der Waals surface area contributed by atoms with Crippen molar-refractivity contribution in [1.82, 2.24) is 4.98 Å². The molecule has 0 aliphatic heterocycles. The Labute approximate surface area is 117 Å². The molecule has 102 valence electrons. The van der Waals surface area contributed by atoms with Crippen molar-refractivity contribution in [1.29, 1.82) is 0 Å². The number of hydrogen-bond donors (Lipinski definition) is 2. The molecule has 0 fully saturated rings. The van der Waals surface area contributed by atoms with Crippen LogP contribution in [0.3, 0.4) is 0 Å². The Bertz CT molecular complexity index is 500. The Morgan fingerprint density at radius 3 is 2.95 bits per heavy atom. The number of allylic oxidation sites excluding steroid dienone is 1. The molecule has 4 nitrogen and oxygen atoms in total. The van der Waals surface area contributed by atoms with Gasteiger partial charge in [0.2, 0.25) is 0 Å². The summed E-state index contributed by atoms with van der Waals surface area (Å²) in [7, 11) is 0. The van der Waals surface area contributed by atoms with Crippen LogP contribution in [0.5, 0.6) is 0 Å². The van der Waals surface area contributed by atoms with Gasteiger partial charge in [0.15, 0.2) is 0 Å². The highest BCUT2D eigenvalue weighted by Gasteiger charge is 2.08. The molecular weight excluding hydrogens is 264 g/mol. The molecule has 0 bridgehead atoms. The van der Waals surface area contributed by atoms with E-state index in [1.165, 1.54) is 43.4 Å². The zero-order chi connectivity index (χ0) is 13.7. The number of hydrogen-bond acceptors (Lipinski definition) is 3. The standard InChI is InChI=1S/C14H17ClN2O2/c15-12-8-11(14(18)19)9-13(17-12)16-7-6-10-4-2-1-3-5-10/h4,8-9H,1-3,5-7H2,(H,16,17)(H,18,19). The largest absolute Gasteiger partial charge is 0.478 e. The highest BCUT2D eigenvalue weighted by molar-refractivity contribution is 6.29. The molecule has 1 aromatic rings. The number of rotatable bonds is 5. The van der Waals surface area contributed by atoms with Crippen LogP contribution < -0.4 is 5.32 Å². The molecule has 0 unspecified atom stereocenters. The lowest BCUT2D eigenvalue weighted by Gasteiger charge is -2.13. The molecular formula is C14H17ClN2O2. The number of carboxylic acid groups (broad SMARTS) is 1. The van der Waals surface area contributed by atoms with Crippen LogP contribution in [0.1, 0.15) is 42.5 Å². The Balaban J connectivity index is 1.92. The molecule has 0 saturated carbocycles. The number of carbonyl (C=O) groups is 1. The van der Waals surface area contributed by atoms with E-state index in [2.05, 4.69) is 16.4 Å². The third kappa shape index (κ3) is 4.24. The zero-order valence-electron chi connectivity index (χ0n) is 10.7. The van der Waals surface area contributed by atoms with E-state index in [9.17, 15) is 4.79 Å². The molecule has 2 N–H and O–H groups in total. The zero-order valence-corrected chi connectivity index (χ0v) is 11.4. The summed E-state index contributed by atoms with van der Waals surface area (Å²) in [6.45, 7) is 0.748. The summed E-state index contributed by atoms with van der Waals surface area (Å²) in [4.78, 5) is 15.0. The summed E-state index contributed by atoms with van der Waals surface area (Å²) in [6, 6.07) is 2.85. The van der Waals surface area contributed by atoms with Crippen molar-refractivity contribution in [3.63, 3.8) is 0 Å². The van der Waals surface area contributed by atoms with Crippen LogP contribution in [0.25, 0.3) is 0 Å². The summed E-state index contributed by atoms with van der Waals surface area (Å²) < 4.78 is 0. The minimum absolute atomic E-state index is 0.152. The Hall–Kier alpha value is -1.55. The predicted molar refractivity (Wildman–Crippen MR) is 75.9 cm³/mol. The van der Waals surface area contributed by atoms with E-state index in [0.29, 0.717) is 5.82 Å². The molecule has 2 rings (SSSR count). The maximum atomic E-state index is 10.9. The van der Waals surface area contributed by atoms with Gasteiger partial charge in [-0.1, -0.05) is 23.3 Å². The molecule has 1 aromatic heterocycles. The quantitative estimate of drug-likeness (QED) is 0.637. The van der Waals surface area contributed by atoms with Crippen LogP contribution in [0.4, 0.5) is 5.82 Å². The normalized spacial score (nSPS) is 14.9. The first-order chi connectivity index (χ1) is 9.15. The van der Waals surface area contributed by atoms with Gasteiger partial charge in [-0.05, 0) is 44.2 Å². The van der Waals surface area contributed by atoms with Gasteiger partial charge in [0.05, 0.1) is 5.56 Å².